The minimum Gasteiger partial charge on any atom is -0.486 e. The molecule has 0 aliphatic carbocycles. The van der Waals surface area contributed by atoms with Crippen molar-refractivity contribution < 1.29 is 26.9 Å². The van der Waals surface area contributed by atoms with Gasteiger partial charge < -0.3 is 14.2 Å². The highest BCUT2D eigenvalue weighted by Crippen LogP contribution is 2.37. The summed E-state index contributed by atoms with van der Waals surface area (Å²) in [6.45, 7) is 6.44. The number of anilines is 1. The van der Waals surface area contributed by atoms with Crippen LogP contribution in [0.3, 0.4) is 0 Å². The minimum atomic E-state index is -3.95. The number of aryl methyl sites for hydroxylation is 2. The van der Waals surface area contributed by atoms with E-state index in [1.165, 1.54) is 22.5 Å². The maximum Gasteiger partial charge on any atom is 0.248 e. The number of fused-ring (bicyclic) bond motifs is 1. The van der Waals surface area contributed by atoms with Gasteiger partial charge in [-0.3, -0.25) is 4.79 Å². The molecule has 0 saturated carbocycles. The number of amides is 1. The van der Waals surface area contributed by atoms with Gasteiger partial charge in [-0.15, -0.1) is 0 Å². The van der Waals surface area contributed by atoms with Crippen LogP contribution in [0.5, 0.6) is 5.75 Å². The molecule has 1 unspecified atom stereocenters. The molecule has 1 fully saturated rings. The van der Waals surface area contributed by atoms with Crippen LogP contribution >= 0.6 is 0 Å². The topological polar surface area (TPSA) is 93.0 Å². The quantitative estimate of drug-likeness (QED) is 0.416. The number of aromatic nitrogens is 1. The number of nitrogens with zero attached hydrogens (tertiary/aromatic N) is 3. The molecule has 10 heteroatoms. The lowest BCUT2D eigenvalue weighted by Crippen LogP contribution is -2.49. The van der Waals surface area contributed by atoms with Crippen LogP contribution in [0, 0.1) is 25.6 Å². The average Bonchev–Trinajstić information content (AvgIpc) is 3.32. The van der Waals surface area contributed by atoms with Gasteiger partial charge in [0.1, 0.15) is 23.4 Å². The van der Waals surface area contributed by atoms with Gasteiger partial charge in [0.2, 0.25) is 15.9 Å². The third-order valence-electron chi connectivity index (χ3n) is 7.36. The van der Waals surface area contributed by atoms with Crippen molar-refractivity contribution in [3.8, 4) is 5.75 Å². The Morgan fingerprint density at radius 2 is 1.87 bits per heavy atom. The van der Waals surface area contributed by atoms with Crippen molar-refractivity contribution in [2.24, 2.45) is 5.92 Å². The van der Waals surface area contributed by atoms with Gasteiger partial charge in [-0.05, 0) is 69.0 Å². The van der Waals surface area contributed by atoms with Crippen molar-refractivity contribution in [1.29, 1.82) is 0 Å². The largest absolute Gasteiger partial charge is 0.486 e. The average molecular weight is 554 g/mol. The fraction of sp³-hybridized carbons (Fsp3) is 0.379. The molecule has 39 heavy (non-hydrogen) atoms. The van der Waals surface area contributed by atoms with Gasteiger partial charge >= 0.3 is 0 Å². The molecule has 2 aromatic carbocycles. The molecular weight excluding hydrogens is 521 g/mol. The number of sulfonamides is 1. The maximum absolute atomic E-state index is 14.0. The molecule has 3 heterocycles. The van der Waals surface area contributed by atoms with Gasteiger partial charge in [0, 0.05) is 24.6 Å². The summed E-state index contributed by atoms with van der Waals surface area (Å²) in [5, 5.41) is 3.86. The molecule has 1 atom stereocenters. The van der Waals surface area contributed by atoms with E-state index in [9.17, 15) is 17.6 Å². The Morgan fingerprint density at radius 3 is 2.59 bits per heavy atom. The Balaban J connectivity index is 1.32. The smallest absolute Gasteiger partial charge is 0.248 e. The van der Waals surface area contributed by atoms with E-state index in [0.717, 1.165) is 17.7 Å². The molecule has 5 rings (SSSR count). The number of benzene rings is 2. The molecule has 0 radical (unpaired) electrons. The van der Waals surface area contributed by atoms with Gasteiger partial charge in [-0.2, -0.15) is 4.31 Å². The zero-order valence-electron chi connectivity index (χ0n) is 22.3. The lowest BCUT2D eigenvalue weighted by Gasteiger charge is -2.38. The Hall–Kier alpha value is -3.50. The lowest BCUT2D eigenvalue weighted by molar-refractivity contribution is -0.124. The lowest BCUT2D eigenvalue weighted by atomic mass is 9.95. The van der Waals surface area contributed by atoms with Crippen molar-refractivity contribution in [2.75, 3.05) is 24.5 Å². The van der Waals surface area contributed by atoms with E-state index in [1.54, 1.807) is 25.1 Å². The Labute approximate surface area is 228 Å². The summed E-state index contributed by atoms with van der Waals surface area (Å²) < 4.78 is 54.0. The van der Waals surface area contributed by atoms with Crippen molar-refractivity contribution in [3.63, 3.8) is 0 Å². The van der Waals surface area contributed by atoms with Crippen LogP contribution in [0.15, 0.2) is 51.9 Å². The third-order valence-corrected chi connectivity index (χ3v) is 9.42. The summed E-state index contributed by atoms with van der Waals surface area (Å²) in [5.74, 6) is 0.00925. The predicted molar refractivity (Wildman–Crippen MR) is 146 cm³/mol. The molecule has 206 valence electrons. The van der Waals surface area contributed by atoms with Crippen LogP contribution in [-0.4, -0.2) is 49.5 Å². The summed E-state index contributed by atoms with van der Waals surface area (Å²) in [4.78, 5) is 15.4. The number of halogens is 1. The van der Waals surface area contributed by atoms with Crippen molar-refractivity contribution in [2.45, 2.75) is 51.0 Å². The van der Waals surface area contributed by atoms with Crippen LogP contribution < -0.4 is 9.64 Å². The summed E-state index contributed by atoms with van der Waals surface area (Å²) in [6.07, 6.45) is 4.38. The highest BCUT2D eigenvalue weighted by molar-refractivity contribution is 7.89. The monoisotopic (exact) mass is 553 g/mol. The molecule has 0 bridgehead atoms. The summed E-state index contributed by atoms with van der Waals surface area (Å²) in [7, 11) is -3.95. The number of rotatable bonds is 6. The van der Waals surface area contributed by atoms with Gasteiger partial charge in [-0.25, -0.2) is 12.8 Å². The summed E-state index contributed by atoms with van der Waals surface area (Å²) >= 11 is 0. The maximum atomic E-state index is 14.0. The molecular formula is C29H32FN3O5S. The molecule has 2 aliphatic heterocycles. The molecule has 3 aromatic rings. The third kappa shape index (κ3) is 5.35. The first kappa shape index (κ1) is 27.1. The summed E-state index contributed by atoms with van der Waals surface area (Å²) in [5.41, 5.74) is 2.34. The SMILES string of the molecule is CCC1CN(C(=O)C2CCN(S(=O)(=O)c3c(C)noc3/C=C/c3ccccc3F)CC2)c2cc(C)ccc2O1. The van der Waals surface area contributed by atoms with E-state index in [4.69, 9.17) is 9.26 Å². The van der Waals surface area contributed by atoms with Gasteiger partial charge in [0.25, 0.3) is 0 Å². The second-order valence-corrected chi connectivity index (χ2v) is 11.9. The number of carbonyl (C=O) groups excluding carboxylic acids is 1. The number of carbonyl (C=O) groups is 1. The number of piperidine rings is 1. The molecule has 2 aliphatic rings. The van der Waals surface area contributed by atoms with E-state index in [2.05, 4.69) is 5.16 Å². The fourth-order valence-electron chi connectivity index (χ4n) is 5.14. The van der Waals surface area contributed by atoms with Gasteiger partial charge in [0.05, 0.1) is 12.2 Å². The highest BCUT2D eigenvalue weighted by atomic mass is 32.2. The van der Waals surface area contributed by atoms with Crippen LogP contribution in [0.25, 0.3) is 12.2 Å². The van der Waals surface area contributed by atoms with E-state index in [0.29, 0.717) is 30.7 Å². The van der Waals surface area contributed by atoms with Gasteiger partial charge in [0.15, 0.2) is 10.7 Å². The normalized spacial score (nSPS) is 18.8. The second-order valence-electron chi connectivity index (χ2n) is 10.1. The van der Waals surface area contributed by atoms with E-state index < -0.39 is 15.8 Å². The van der Waals surface area contributed by atoms with Crippen molar-refractivity contribution in [3.05, 3.63) is 70.9 Å². The first-order valence-electron chi connectivity index (χ1n) is 13.2. The number of ether oxygens (including phenoxy) is 1. The fourth-order valence-corrected chi connectivity index (χ4v) is 6.86. The van der Waals surface area contributed by atoms with E-state index >= 15 is 0 Å². The first-order chi connectivity index (χ1) is 18.7. The highest BCUT2D eigenvalue weighted by Gasteiger charge is 2.39. The van der Waals surface area contributed by atoms with E-state index in [-0.39, 0.29) is 47.4 Å². The number of hydrogen-bond donors (Lipinski definition) is 0. The summed E-state index contributed by atoms with van der Waals surface area (Å²) in [6, 6.07) is 12.0. The van der Waals surface area contributed by atoms with E-state index in [1.807, 2.05) is 36.9 Å². The number of hydrogen-bond acceptors (Lipinski definition) is 6. The molecule has 8 nitrogen and oxygen atoms in total. The van der Waals surface area contributed by atoms with Gasteiger partial charge in [-0.1, -0.05) is 36.3 Å². The Bertz CT molecular complexity index is 1510. The van der Waals surface area contributed by atoms with Crippen molar-refractivity contribution >= 4 is 33.8 Å². The van der Waals surface area contributed by atoms with Crippen LogP contribution in [0.1, 0.15) is 48.8 Å². The predicted octanol–water partition coefficient (Wildman–Crippen LogP) is 5.21. The minimum absolute atomic E-state index is 0.00434. The molecule has 1 aromatic heterocycles. The molecule has 0 spiro atoms. The molecule has 1 amide bonds. The second kappa shape index (κ2) is 10.9. The van der Waals surface area contributed by atoms with Crippen LogP contribution in [0.4, 0.5) is 10.1 Å². The van der Waals surface area contributed by atoms with Crippen LogP contribution in [-0.2, 0) is 14.8 Å². The van der Waals surface area contributed by atoms with Crippen LogP contribution in [0.2, 0.25) is 0 Å². The Morgan fingerprint density at radius 1 is 1.13 bits per heavy atom. The molecule has 0 N–H and O–H groups in total. The Kier molecular flexibility index (Phi) is 7.59. The first-order valence-corrected chi connectivity index (χ1v) is 14.6. The zero-order valence-corrected chi connectivity index (χ0v) is 23.1. The molecule has 1 saturated heterocycles. The zero-order chi connectivity index (χ0) is 27.7. The standard InChI is InChI=1S/C29H32FN3O5S/c1-4-23-18-33(25-17-19(2)9-11-26(25)37-23)29(34)22-13-15-32(16-14-22)39(35,36)28-20(3)31-38-27(28)12-10-21-7-5-6-8-24(21)30/h5-12,17,22-23H,4,13-16,18H2,1-3H3/b12-10+. The van der Waals surface area contributed by atoms with Crippen molar-refractivity contribution in [1.82, 2.24) is 9.46 Å².